The van der Waals surface area contributed by atoms with E-state index in [1.807, 2.05) is 32.6 Å². The van der Waals surface area contributed by atoms with Crippen molar-refractivity contribution in [3.8, 4) is 0 Å². The molecule has 1 saturated heterocycles. The number of hydrogen-bond donors (Lipinski definition) is 2. The minimum atomic E-state index is -0.854. The van der Waals surface area contributed by atoms with E-state index in [1.54, 1.807) is 6.92 Å². The van der Waals surface area contributed by atoms with Gasteiger partial charge < -0.3 is 16.0 Å². The molecular formula is C14H27N3O2. The highest BCUT2D eigenvalue weighted by Crippen LogP contribution is 2.22. The molecule has 2 unspecified atom stereocenters. The lowest BCUT2D eigenvalue weighted by Gasteiger charge is -2.32. The quantitative estimate of drug-likeness (QED) is 0.800. The fourth-order valence-corrected chi connectivity index (χ4v) is 2.44. The summed E-state index contributed by atoms with van der Waals surface area (Å²) in [7, 11) is 0. The van der Waals surface area contributed by atoms with Crippen molar-refractivity contribution in [3.63, 3.8) is 0 Å². The normalized spacial score (nSPS) is 23.4. The van der Waals surface area contributed by atoms with E-state index >= 15 is 0 Å². The van der Waals surface area contributed by atoms with Gasteiger partial charge in [0.15, 0.2) is 0 Å². The Morgan fingerprint density at radius 2 is 2.00 bits per heavy atom. The van der Waals surface area contributed by atoms with Gasteiger partial charge in [0.2, 0.25) is 11.8 Å². The Balaban J connectivity index is 2.62. The van der Waals surface area contributed by atoms with Gasteiger partial charge in [0.05, 0.1) is 11.6 Å². The Labute approximate surface area is 115 Å². The molecule has 0 spiro atoms. The molecular weight excluding hydrogens is 242 g/mol. The summed E-state index contributed by atoms with van der Waals surface area (Å²) in [5.41, 5.74) is 4.94. The van der Waals surface area contributed by atoms with E-state index in [4.69, 9.17) is 5.73 Å². The molecule has 19 heavy (non-hydrogen) atoms. The number of likely N-dealkylation sites (tertiary alicyclic amines) is 1. The van der Waals surface area contributed by atoms with Crippen molar-refractivity contribution >= 4 is 11.8 Å². The Bertz CT molecular complexity index is 358. The van der Waals surface area contributed by atoms with Crippen LogP contribution in [0.1, 0.15) is 53.9 Å². The van der Waals surface area contributed by atoms with E-state index in [0.29, 0.717) is 19.4 Å². The van der Waals surface area contributed by atoms with Crippen LogP contribution < -0.4 is 11.1 Å². The van der Waals surface area contributed by atoms with Crippen molar-refractivity contribution in [1.29, 1.82) is 0 Å². The van der Waals surface area contributed by atoms with E-state index in [1.165, 1.54) is 0 Å². The maximum absolute atomic E-state index is 12.1. The number of nitrogens with one attached hydrogen (secondary N) is 1. The maximum atomic E-state index is 12.1. The molecule has 1 heterocycles. The largest absolute Gasteiger partial charge is 0.349 e. The fraction of sp³-hybridized carbons (Fsp3) is 0.857. The van der Waals surface area contributed by atoms with E-state index < -0.39 is 5.54 Å². The summed E-state index contributed by atoms with van der Waals surface area (Å²) in [4.78, 5) is 25.9. The summed E-state index contributed by atoms with van der Waals surface area (Å²) >= 11 is 0. The van der Waals surface area contributed by atoms with Gasteiger partial charge in [-0.3, -0.25) is 9.59 Å². The first-order chi connectivity index (χ1) is 8.58. The molecule has 3 N–H and O–H groups in total. The molecule has 1 aliphatic heterocycles. The molecule has 0 aromatic heterocycles. The average molecular weight is 269 g/mol. The fourth-order valence-electron chi connectivity index (χ4n) is 2.44. The van der Waals surface area contributed by atoms with Gasteiger partial charge in [-0.25, -0.2) is 0 Å². The second-order valence-electron chi connectivity index (χ2n) is 6.72. The number of nitrogens with two attached hydrogens (primary N) is 1. The first kappa shape index (κ1) is 16.0. The van der Waals surface area contributed by atoms with Crippen LogP contribution in [-0.4, -0.2) is 40.4 Å². The molecule has 0 aromatic rings. The molecule has 0 saturated carbocycles. The minimum absolute atomic E-state index is 0.0898. The predicted octanol–water partition coefficient (Wildman–Crippen LogP) is 1.02. The molecule has 5 nitrogen and oxygen atoms in total. The zero-order valence-corrected chi connectivity index (χ0v) is 12.7. The molecule has 2 amide bonds. The zero-order chi connectivity index (χ0) is 14.8. The lowest BCUT2D eigenvalue weighted by molar-refractivity contribution is -0.131. The van der Waals surface area contributed by atoms with Crippen molar-refractivity contribution in [3.05, 3.63) is 0 Å². The van der Waals surface area contributed by atoms with Crippen molar-refractivity contribution in [2.75, 3.05) is 6.54 Å². The summed E-state index contributed by atoms with van der Waals surface area (Å²) in [6.45, 7) is 10.3. The highest BCUT2D eigenvalue weighted by atomic mass is 16.2. The van der Waals surface area contributed by atoms with Gasteiger partial charge in [0.25, 0.3) is 0 Å². The number of carbonyl (C=O) groups excluding carboxylic acids is 2. The van der Waals surface area contributed by atoms with Crippen LogP contribution in [0.4, 0.5) is 0 Å². The average Bonchev–Trinajstić information content (AvgIpc) is 2.58. The van der Waals surface area contributed by atoms with Gasteiger partial charge in [0.1, 0.15) is 0 Å². The van der Waals surface area contributed by atoms with Gasteiger partial charge in [-0.15, -0.1) is 0 Å². The summed E-state index contributed by atoms with van der Waals surface area (Å²) in [5.74, 6) is -0.0741. The third-order valence-corrected chi connectivity index (χ3v) is 3.56. The van der Waals surface area contributed by atoms with Gasteiger partial charge in [-0.05, 0) is 34.1 Å². The number of rotatable bonds is 4. The summed E-state index contributed by atoms with van der Waals surface area (Å²) in [6.07, 6.45) is 1.87. The predicted molar refractivity (Wildman–Crippen MR) is 75.5 cm³/mol. The van der Waals surface area contributed by atoms with Crippen molar-refractivity contribution in [2.45, 2.75) is 71.0 Å². The standard InChI is InChI=1S/C14H27N3O2/c1-6-7-14(5,15)12(19)16-10-8-11(18)17(9-10)13(2,3)4/h10H,6-9,15H2,1-5H3,(H,16,19). The minimum Gasteiger partial charge on any atom is -0.349 e. The van der Waals surface area contributed by atoms with E-state index in [-0.39, 0.29) is 23.4 Å². The van der Waals surface area contributed by atoms with Crippen LogP contribution in [0.2, 0.25) is 0 Å². The Kier molecular flexibility index (Phi) is 4.61. The van der Waals surface area contributed by atoms with Crippen LogP contribution in [0.5, 0.6) is 0 Å². The SMILES string of the molecule is CCCC(C)(N)C(=O)NC1CC(=O)N(C(C)(C)C)C1. The van der Waals surface area contributed by atoms with Crippen molar-refractivity contribution in [2.24, 2.45) is 5.73 Å². The number of carbonyl (C=O) groups is 2. The van der Waals surface area contributed by atoms with Crippen LogP contribution in [0.25, 0.3) is 0 Å². The molecule has 2 atom stereocenters. The molecule has 0 aromatic carbocycles. The lowest BCUT2D eigenvalue weighted by Crippen LogP contribution is -2.54. The van der Waals surface area contributed by atoms with Crippen LogP contribution >= 0.6 is 0 Å². The van der Waals surface area contributed by atoms with E-state index in [0.717, 1.165) is 6.42 Å². The highest BCUT2D eigenvalue weighted by Gasteiger charge is 2.38. The van der Waals surface area contributed by atoms with Gasteiger partial charge in [-0.1, -0.05) is 13.3 Å². The Morgan fingerprint density at radius 1 is 1.42 bits per heavy atom. The topological polar surface area (TPSA) is 75.4 Å². The van der Waals surface area contributed by atoms with Crippen LogP contribution in [0.15, 0.2) is 0 Å². The van der Waals surface area contributed by atoms with Crippen LogP contribution in [-0.2, 0) is 9.59 Å². The summed E-state index contributed by atoms with van der Waals surface area (Å²) in [5, 5.41) is 2.91. The number of hydrogen-bond acceptors (Lipinski definition) is 3. The molecule has 5 heteroatoms. The second kappa shape index (κ2) is 5.49. The van der Waals surface area contributed by atoms with E-state index in [9.17, 15) is 9.59 Å². The maximum Gasteiger partial charge on any atom is 0.240 e. The summed E-state index contributed by atoms with van der Waals surface area (Å²) in [6, 6.07) is -0.126. The second-order valence-corrected chi connectivity index (χ2v) is 6.72. The molecule has 1 fully saturated rings. The van der Waals surface area contributed by atoms with Crippen molar-refractivity contribution < 1.29 is 9.59 Å². The molecule has 110 valence electrons. The lowest BCUT2D eigenvalue weighted by atomic mass is 9.96. The molecule has 0 aliphatic carbocycles. The first-order valence-corrected chi connectivity index (χ1v) is 6.98. The molecule has 1 rings (SSSR count). The number of nitrogens with zero attached hydrogens (tertiary/aromatic N) is 1. The third-order valence-electron chi connectivity index (χ3n) is 3.56. The van der Waals surface area contributed by atoms with Crippen LogP contribution in [0, 0.1) is 0 Å². The van der Waals surface area contributed by atoms with Gasteiger partial charge >= 0.3 is 0 Å². The highest BCUT2D eigenvalue weighted by molar-refractivity contribution is 5.87. The number of amides is 2. The van der Waals surface area contributed by atoms with E-state index in [2.05, 4.69) is 5.32 Å². The van der Waals surface area contributed by atoms with Crippen LogP contribution in [0.3, 0.4) is 0 Å². The zero-order valence-electron chi connectivity index (χ0n) is 12.7. The summed E-state index contributed by atoms with van der Waals surface area (Å²) < 4.78 is 0. The van der Waals surface area contributed by atoms with Gasteiger partial charge in [0, 0.05) is 18.5 Å². The van der Waals surface area contributed by atoms with Crippen molar-refractivity contribution in [1.82, 2.24) is 10.2 Å². The Hall–Kier alpha value is -1.10. The smallest absolute Gasteiger partial charge is 0.240 e. The molecule has 0 bridgehead atoms. The van der Waals surface area contributed by atoms with Gasteiger partial charge in [-0.2, -0.15) is 0 Å². The third kappa shape index (κ3) is 3.93. The Morgan fingerprint density at radius 3 is 2.42 bits per heavy atom. The molecule has 1 aliphatic rings. The monoisotopic (exact) mass is 269 g/mol. The molecule has 0 radical (unpaired) electrons. The first-order valence-electron chi connectivity index (χ1n) is 6.98.